The number of thioether (sulfide) groups is 1. The normalized spacial score (nSPS) is 14.9. The third-order valence-electron chi connectivity index (χ3n) is 5.89. The molecule has 1 N–H and O–H groups in total. The minimum atomic E-state index is -3.97. The molecule has 206 valence electrons. The maximum atomic E-state index is 12.1. The number of rotatable bonds is 26. The zero-order chi connectivity index (χ0) is 25.5. The molecule has 0 saturated heterocycles. The first kappa shape index (κ1) is 35.0. The van der Waals surface area contributed by atoms with Gasteiger partial charge in [0, 0.05) is 0 Å². The number of methoxy groups -OCH3 is 1. The van der Waals surface area contributed by atoms with Gasteiger partial charge in [-0.05, 0) is 0 Å². The van der Waals surface area contributed by atoms with Crippen molar-refractivity contribution in [2.75, 3.05) is 38.4 Å². The van der Waals surface area contributed by atoms with Crippen LogP contribution >= 0.6 is 19.6 Å². The standard InChI is InChI=1S/C26H56AsO5PS/c1-6-7-8-9-10-11-12-13-14-15-16-17-18-19-22-34-25-26(23-30-5)24-32-33(28,29)31-21-20-27(2,3)4/h26H,6-25H2,1-5H3/p+1. The van der Waals surface area contributed by atoms with E-state index in [1.807, 2.05) is 11.8 Å². The summed E-state index contributed by atoms with van der Waals surface area (Å²) in [6, 6.07) is 0. The van der Waals surface area contributed by atoms with E-state index in [-0.39, 0.29) is 12.5 Å². The van der Waals surface area contributed by atoms with Gasteiger partial charge in [0.1, 0.15) is 0 Å². The van der Waals surface area contributed by atoms with Crippen LogP contribution in [-0.4, -0.2) is 56.9 Å². The Balaban J connectivity index is 3.65. The fourth-order valence-electron chi connectivity index (χ4n) is 3.70. The number of unbranched alkanes of at least 4 members (excludes halogenated alkanes) is 13. The molecule has 0 aliphatic rings. The summed E-state index contributed by atoms with van der Waals surface area (Å²) < 4.78 is 27.8. The Bertz CT molecular complexity index is 490. The van der Waals surface area contributed by atoms with Crippen LogP contribution in [0.5, 0.6) is 0 Å². The molecule has 0 radical (unpaired) electrons. The molecule has 0 aromatic rings. The van der Waals surface area contributed by atoms with E-state index in [1.165, 1.54) is 89.9 Å². The van der Waals surface area contributed by atoms with Crippen molar-refractivity contribution in [2.24, 2.45) is 5.92 Å². The van der Waals surface area contributed by atoms with Crippen molar-refractivity contribution >= 4 is 33.1 Å². The average Bonchev–Trinajstić information content (AvgIpc) is 2.76. The molecule has 0 aromatic heterocycles. The second-order valence-electron chi connectivity index (χ2n) is 10.6. The average molecular weight is 588 g/mol. The Labute approximate surface area is 219 Å². The van der Waals surface area contributed by atoms with Gasteiger partial charge in [-0.3, -0.25) is 0 Å². The molecular weight excluding hydrogens is 530 g/mol. The van der Waals surface area contributed by atoms with Crippen molar-refractivity contribution in [1.29, 1.82) is 0 Å². The molecule has 8 heteroatoms. The Morgan fingerprint density at radius 2 is 1.29 bits per heavy atom. The zero-order valence-corrected chi connectivity index (χ0v) is 26.7. The third kappa shape index (κ3) is 26.1. The van der Waals surface area contributed by atoms with Gasteiger partial charge in [-0.15, -0.1) is 0 Å². The molecular formula is C26H57AsO5PS+. The first-order valence-electron chi connectivity index (χ1n) is 13.7. The number of hydrogen-bond acceptors (Lipinski definition) is 5. The van der Waals surface area contributed by atoms with Crippen molar-refractivity contribution in [1.82, 2.24) is 0 Å². The minimum absolute atomic E-state index is 0.102. The molecule has 34 heavy (non-hydrogen) atoms. The molecule has 0 saturated carbocycles. The van der Waals surface area contributed by atoms with E-state index >= 15 is 0 Å². The van der Waals surface area contributed by atoms with E-state index in [2.05, 4.69) is 24.1 Å². The Morgan fingerprint density at radius 3 is 1.76 bits per heavy atom. The molecule has 0 rings (SSSR count). The summed E-state index contributed by atoms with van der Waals surface area (Å²) in [5.74, 6) is 2.11. The molecule has 5 nitrogen and oxygen atoms in total. The van der Waals surface area contributed by atoms with E-state index in [1.54, 1.807) is 7.11 Å². The van der Waals surface area contributed by atoms with Crippen LogP contribution in [0.3, 0.4) is 0 Å². The molecule has 2 atom stereocenters. The predicted octanol–water partition coefficient (Wildman–Crippen LogP) is 8.94. The van der Waals surface area contributed by atoms with Gasteiger partial charge in [-0.1, -0.05) is 84.0 Å². The summed E-state index contributed by atoms with van der Waals surface area (Å²) >= 11 is 0.270. The van der Waals surface area contributed by atoms with Crippen LogP contribution in [0, 0.1) is 5.92 Å². The van der Waals surface area contributed by atoms with E-state index < -0.39 is 21.4 Å². The fraction of sp³-hybridized carbons (Fsp3) is 1.00. The summed E-state index contributed by atoms with van der Waals surface area (Å²) in [6.07, 6.45) is 19.3. The summed E-state index contributed by atoms with van der Waals surface area (Å²) in [4.78, 5) is 9.92. The number of hydrogen-bond donors (Lipinski definition) is 1. The molecule has 0 bridgehead atoms. The first-order chi connectivity index (χ1) is 16.2. The van der Waals surface area contributed by atoms with Crippen LogP contribution in [0.2, 0.25) is 22.3 Å². The van der Waals surface area contributed by atoms with Crippen LogP contribution < -0.4 is 0 Å². The first-order valence-corrected chi connectivity index (χ1v) is 23.3. The van der Waals surface area contributed by atoms with Crippen LogP contribution in [0.4, 0.5) is 0 Å². The van der Waals surface area contributed by atoms with Crippen molar-refractivity contribution in [3.63, 3.8) is 0 Å². The summed E-state index contributed by atoms with van der Waals surface area (Å²) in [5.41, 5.74) is 6.73. The maximum absolute atomic E-state index is 12.1. The van der Waals surface area contributed by atoms with Gasteiger partial charge in [0.15, 0.2) is 0 Å². The predicted molar refractivity (Wildman–Crippen MR) is 153 cm³/mol. The van der Waals surface area contributed by atoms with E-state index in [4.69, 9.17) is 13.8 Å². The number of phosphoric acid groups is 1. The van der Waals surface area contributed by atoms with Crippen molar-refractivity contribution < 1.29 is 23.2 Å². The monoisotopic (exact) mass is 587 g/mol. The van der Waals surface area contributed by atoms with Crippen molar-refractivity contribution in [3.05, 3.63) is 0 Å². The van der Waals surface area contributed by atoms with Crippen molar-refractivity contribution in [2.45, 2.75) is 119 Å². The quantitative estimate of drug-likeness (QED) is 0.0619. The zero-order valence-electron chi connectivity index (χ0n) is 23.1. The fourth-order valence-corrected chi connectivity index (χ4v) is 7.25. The van der Waals surface area contributed by atoms with Crippen LogP contribution in [-0.2, 0) is 18.3 Å². The molecule has 0 fully saturated rings. The molecule has 0 aromatic carbocycles. The molecule has 0 aliphatic heterocycles. The van der Waals surface area contributed by atoms with Gasteiger partial charge in [0.2, 0.25) is 0 Å². The summed E-state index contributed by atoms with van der Waals surface area (Å²) in [6.45, 7) is 3.30. The summed E-state index contributed by atoms with van der Waals surface area (Å²) in [5, 5.41) is 0.878. The molecule has 0 spiro atoms. The van der Waals surface area contributed by atoms with E-state index in [0.29, 0.717) is 13.2 Å². The van der Waals surface area contributed by atoms with Gasteiger partial charge >= 0.3 is 136 Å². The van der Waals surface area contributed by atoms with Gasteiger partial charge in [0.05, 0.1) is 0 Å². The second-order valence-corrected chi connectivity index (χ2v) is 23.8. The third-order valence-corrected chi connectivity index (χ3v) is 11.4. The van der Waals surface area contributed by atoms with Crippen molar-refractivity contribution in [3.8, 4) is 0 Å². The molecule has 0 heterocycles. The van der Waals surface area contributed by atoms with E-state index in [9.17, 15) is 9.46 Å². The topological polar surface area (TPSA) is 65.0 Å². The Morgan fingerprint density at radius 1 is 0.794 bits per heavy atom. The van der Waals surface area contributed by atoms with Crippen LogP contribution in [0.1, 0.15) is 96.8 Å². The van der Waals surface area contributed by atoms with Crippen LogP contribution in [0.15, 0.2) is 0 Å². The molecule has 0 aliphatic carbocycles. The molecule has 0 amide bonds. The molecule has 2 unspecified atom stereocenters. The second kappa shape index (κ2) is 23.1. The Hall–Kier alpha value is 0.978. The van der Waals surface area contributed by atoms with Gasteiger partial charge in [-0.25, -0.2) is 0 Å². The van der Waals surface area contributed by atoms with Crippen LogP contribution in [0.25, 0.3) is 0 Å². The number of ether oxygens (including phenoxy) is 1. The van der Waals surface area contributed by atoms with Gasteiger partial charge < -0.3 is 0 Å². The SMILES string of the molecule is CCCCCCCCCCCCCCCCSCC(COC)COP(=O)(O)OCC[As+](C)(C)C. The van der Waals surface area contributed by atoms with E-state index in [0.717, 1.165) is 16.7 Å². The Kier molecular flexibility index (Phi) is 23.8. The number of phosphoric ester groups is 1. The van der Waals surface area contributed by atoms with Gasteiger partial charge in [-0.2, -0.15) is 0 Å². The van der Waals surface area contributed by atoms with Gasteiger partial charge in [0.25, 0.3) is 0 Å². The summed E-state index contributed by atoms with van der Waals surface area (Å²) in [7, 11) is -2.31.